The number of amides is 1. The van der Waals surface area contributed by atoms with E-state index >= 15 is 0 Å². The number of nitrogens with zero attached hydrogens (tertiary/aromatic N) is 2. The number of hydrogen-bond donors (Lipinski definition) is 1. The van der Waals surface area contributed by atoms with E-state index in [0.717, 1.165) is 10.6 Å². The van der Waals surface area contributed by atoms with Gasteiger partial charge in [0.1, 0.15) is 0 Å². The van der Waals surface area contributed by atoms with Crippen LogP contribution in [0.15, 0.2) is 29.2 Å². The number of carbonyl (C=O) groups is 2. The number of benzene rings is 1. The molecule has 27 heavy (non-hydrogen) atoms. The molecule has 0 atom stereocenters. The average Bonchev–Trinajstić information content (AvgIpc) is 3.03. The SMILES string of the molecule is CCOC(=O)Nc1nc2c(s1)CN(S(=O)(=O)c1cccc(C(C)=O)c1)CC2. The van der Waals surface area contributed by atoms with E-state index in [2.05, 4.69) is 10.3 Å². The highest BCUT2D eigenvalue weighted by Gasteiger charge is 2.31. The lowest BCUT2D eigenvalue weighted by Crippen LogP contribution is -2.35. The largest absolute Gasteiger partial charge is 0.450 e. The summed E-state index contributed by atoms with van der Waals surface area (Å²) in [6.07, 6.45) is -0.142. The molecule has 0 unspecified atom stereocenters. The molecule has 1 amide bonds. The lowest BCUT2D eigenvalue weighted by atomic mass is 10.2. The number of aromatic nitrogens is 1. The first-order valence-corrected chi connectivity index (χ1v) is 10.6. The monoisotopic (exact) mass is 409 g/mol. The van der Waals surface area contributed by atoms with E-state index < -0.39 is 16.1 Å². The number of rotatable bonds is 5. The van der Waals surface area contributed by atoms with Crippen LogP contribution in [0.5, 0.6) is 0 Å². The van der Waals surface area contributed by atoms with Gasteiger partial charge in [0.25, 0.3) is 0 Å². The van der Waals surface area contributed by atoms with Crippen LogP contribution in [-0.4, -0.2) is 42.7 Å². The maximum Gasteiger partial charge on any atom is 0.413 e. The Labute approximate surface area is 161 Å². The van der Waals surface area contributed by atoms with E-state index in [-0.39, 0.29) is 30.4 Å². The van der Waals surface area contributed by atoms with E-state index in [1.807, 2.05) is 0 Å². The van der Waals surface area contributed by atoms with Gasteiger partial charge in [-0.15, -0.1) is 0 Å². The minimum atomic E-state index is -3.74. The van der Waals surface area contributed by atoms with Crippen molar-refractivity contribution in [2.45, 2.75) is 31.7 Å². The molecule has 2 heterocycles. The number of anilines is 1. The predicted molar refractivity (Wildman–Crippen MR) is 101 cm³/mol. The van der Waals surface area contributed by atoms with Crippen LogP contribution in [-0.2, 0) is 27.7 Å². The van der Waals surface area contributed by atoms with Gasteiger partial charge in [-0.2, -0.15) is 4.31 Å². The van der Waals surface area contributed by atoms with Crippen LogP contribution in [0.3, 0.4) is 0 Å². The molecular weight excluding hydrogens is 390 g/mol. The van der Waals surface area contributed by atoms with Crippen molar-refractivity contribution in [2.24, 2.45) is 0 Å². The number of fused-ring (bicyclic) bond motifs is 1. The molecule has 0 fully saturated rings. The molecule has 0 saturated heterocycles. The summed E-state index contributed by atoms with van der Waals surface area (Å²) in [5, 5.41) is 2.93. The quantitative estimate of drug-likeness (QED) is 0.761. The molecule has 0 bridgehead atoms. The van der Waals surface area contributed by atoms with Crippen LogP contribution in [0.1, 0.15) is 34.8 Å². The number of Topliss-reactive ketones (excluding diaryl/α,β-unsaturated/α-hetero) is 1. The number of sulfonamides is 1. The number of thiazole rings is 1. The van der Waals surface area contributed by atoms with Gasteiger partial charge >= 0.3 is 6.09 Å². The highest BCUT2D eigenvalue weighted by molar-refractivity contribution is 7.89. The second-order valence-electron chi connectivity index (χ2n) is 5.91. The standard InChI is InChI=1S/C17H19N3O5S2/c1-3-25-17(22)19-16-18-14-7-8-20(10-15(14)26-16)27(23,24)13-6-4-5-12(9-13)11(2)21/h4-6,9H,3,7-8,10H2,1-2H3,(H,18,19,22). The van der Waals surface area contributed by atoms with E-state index in [0.29, 0.717) is 17.1 Å². The molecule has 1 N–H and O–H groups in total. The summed E-state index contributed by atoms with van der Waals surface area (Å²) < 4.78 is 32.1. The van der Waals surface area contributed by atoms with E-state index in [1.54, 1.807) is 19.1 Å². The van der Waals surface area contributed by atoms with Crippen LogP contribution in [0.25, 0.3) is 0 Å². The number of carbonyl (C=O) groups excluding carboxylic acids is 2. The summed E-state index contributed by atoms with van der Waals surface area (Å²) in [5.41, 5.74) is 1.13. The Hall–Kier alpha value is -2.30. The summed E-state index contributed by atoms with van der Waals surface area (Å²) in [5.74, 6) is -0.190. The van der Waals surface area contributed by atoms with Crippen LogP contribution < -0.4 is 5.32 Å². The van der Waals surface area contributed by atoms with Gasteiger partial charge in [-0.25, -0.2) is 18.2 Å². The summed E-state index contributed by atoms with van der Waals surface area (Å²) in [4.78, 5) is 28.3. The number of hydrogen-bond acceptors (Lipinski definition) is 7. The molecular formula is C17H19N3O5S2. The molecule has 10 heteroatoms. The average molecular weight is 409 g/mol. The van der Waals surface area contributed by atoms with Gasteiger partial charge in [0, 0.05) is 23.4 Å². The first-order chi connectivity index (χ1) is 12.8. The van der Waals surface area contributed by atoms with Crippen molar-refractivity contribution in [2.75, 3.05) is 18.5 Å². The van der Waals surface area contributed by atoms with E-state index in [1.165, 1.54) is 34.7 Å². The fourth-order valence-corrected chi connectivity index (χ4v) is 5.26. The van der Waals surface area contributed by atoms with Gasteiger partial charge in [-0.3, -0.25) is 10.1 Å². The van der Waals surface area contributed by atoms with E-state index in [9.17, 15) is 18.0 Å². The normalized spacial score (nSPS) is 14.4. The van der Waals surface area contributed by atoms with Crippen molar-refractivity contribution in [1.82, 2.24) is 9.29 Å². The predicted octanol–water partition coefficient (Wildman–Crippen LogP) is 2.66. The number of nitrogens with one attached hydrogen (secondary N) is 1. The minimum absolute atomic E-state index is 0.0908. The fraction of sp³-hybridized carbons (Fsp3) is 0.353. The second kappa shape index (κ2) is 7.75. The van der Waals surface area contributed by atoms with Crippen LogP contribution >= 0.6 is 11.3 Å². The third-order valence-corrected chi connectivity index (χ3v) is 6.90. The second-order valence-corrected chi connectivity index (χ2v) is 8.93. The Morgan fingerprint density at radius 3 is 2.85 bits per heavy atom. The topological polar surface area (TPSA) is 106 Å². The molecule has 1 aromatic carbocycles. The smallest absolute Gasteiger partial charge is 0.413 e. The van der Waals surface area contributed by atoms with Crippen molar-refractivity contribution in [3.05, 3.63) is 40.4 Å². The molecule has 0 aliphatic carbocycles. The van der Waals surface area contributed by atoms with Gasteiger partial charge in [0.05, 0.1) is 23.7 Å². The zero-order valence-electron chi connectivity index (χ0n) is 14.9. The number of ether oxygens (including phenoxy) is 1. The fourth-order valence-electron chi connectivity index (χ4n) is 2.71. The minimum Gasteiger partial charge on any atom is -0.450 e. The van der Waals surface area contributed by atoms with Gasteiger partial charge < -0.3 is 4.74 Å². The van der Waals surface area contributed by atoms with Crippen molar-refractivity contribution in [3.8, 4) is 0 Å². The summed E-state index contributed by atoms with van der Waals surface area (Å²) in [6.45, 7) is 3.80. The zero-order valence-corrected chi connectivity index (χ0v) is 16.5. The lowest BCUT2D eigenvalue weighted by Gasteiger charge is -2.25. The molecule has 144 valence electrons. The molecule has 1 aliphatic rings. The summed E-state index contributed by atoms with van der Waals surface area (Å²) in [7, 11) is -3.74. The molecule has 1 aromatic heterocycles. The van der Waals surface area contributed by atoms with Crippen molar-refractivity contribution in [1.29, 1.82) is 0 Å². The first-order valence-electron chi connectivity index (χ1n) is 8.34. The molecule has 8 nitrogen and oxygen atoms in total. The first kappa shape index (κ1) is 19.5. The Morgan fingerprint density at radius 2 is 2.15 bits per heavy atom. The molecule has 0 radical (unpaired) electrons. The Bertz CT molecular complexity index is 984. The van der Waals surface area contributed by atoms with Gasteiger partial charge in [0.15, 0.2) is 10.9 Å². The van der Waals surface area contributed by atoms with Crippen molar-refractivity contribution in [3.63, 3.8) is 0 Å². The summed E-state index contributed by atoms with van der Waals surface area (Å²) >= 11 is 1.23. The highest BCUT2D eigenvalue weighted by Crippen LogP contribution is 2.31. The molecule has 3 rings (SSSR count). The van der Waals surface area contributed by atoms with Crippen LogP contribution in [0, 0.1) is 0 Å². The zero-order chi connectivity index (χ0) is 19.6. The third kappa shape index (κ3) is 4.18. The maximum absolute atomic E-state index is 13.0. The Balaban J connectivity index is 1.81. The summed E-state index contributed by atoms with van der Waals surface area (Å²) in [6, 6.07) is 6.03. The van der Waals surface area contributed by atoms with Crippen LogP contribution in [0.2, 0.25) is 0 Å². The van der Waals surface area contributed by atoms with Crippen molar-refractivity contribution >= 4 is 38.4 Å². The highest BCUT2D eigenvalue weighted by atomic mass is 32.2. The Morgan fingerprint density at radius 1 is 1.37 bits per heavy atom. The molecule has 0 saturated carbocycles. The molecule has 2 aromatic rings. The van der Waals surface area contributed by atoms with Gasteiger partial charge in [-0.1, -0.05) is 23.5 Å². The van der Waals surface area contributed by atoms with Crippen molar-refractivity contribution < 1.29 is 22.7 Å². The van der Waals surface area contributed by atoms with Gasteiger partial charge in [0.2, 0.25) is 10.0 Å². The number of ketones is 1. The van der Waals surface area contributed by atoms with Crippen LogP contribution in [0.4, 0.5) is 9.93 Å². The molecule has 1 aliphatic heterocycles. The maximum atomic E-state index is 13.0. The van der Waals surface area contributed by atoms with E-state index in [4.69, 9.17) is 4.74 Å². The molecule has 0 spiro atoms. The van der Waals surface area contributed by atoms with Gasteiger partial charge in [-0.05, 0) is 26.0 Å². The third-order valence-electron chi connectivity index (χ3n) is 4.06. The lowest BCUT2D eigenvalue weighted by molar-refractivity contribution is 0.101. The Kier molecular flexibility index (Phi) is 5.59.